The molecular weight excluding hydrogens is 382 g/mol. The monoisotopic (exact) mass is 405 g/mol. The summed E-state index contributed by atoms with van der Waals surface area (Å²) in [6, 6.07) is 12.1. The second-order valence-corrected chi connectivity index (χ2v) is 7.87. The molecule has 2 aromatic rings. The van der Waals surface area contributed by atoms with Gasteiger partial charge < -0.3 is 9.47 Å². The van der Waals surface area contributed by atoms with Crippen molar-refractivity contribution in [1.82, 2.24) is 5.43 Å². The van der Waals surface area contributed by atoms with Crippen molar-refractivity contribution in [3.8, 4) is 11.5 Å². The predicted octanol–water partition coefficient (Wildman–Crippen LogP) is 1.93. The Hall–Kier alpha value is -3.07. The van der Waals surface area contributed by atoms with Crippen LogP contribution in [0.1, 0.15) is 11.1 Å². The number of nitrogens with zero attached hydrogens (tertiary/aromatic N) is 2. The van der Waals surface area contributed by atoms with Crippen molar-refractivity contribution in [3.05, 3.63) is 53.6 Å². The van der Waals surface area contributed by atoms with E-state index in [-0.39, 0.29) is 6.54 Å². The summed E-state index contributed by atoms with van der Waals surface area (Å²) in [4.78, 5) is 12.2. The predicted molar refractivity (Wildman–Crippen MR) is 109 cm³/mol. The van der Waals surface area contributed by atoms with Crippen molar-refractivity contribution in [1.29, 1.82) is 0 Å². The summed E-state index contributed by atoms with van der Waals surface area (Å²) in [6.45, 7) is 1.40. The minimum absolute atomic E-state index is 0.382. The molecule has 0 aromatic heterocycles. The van der Waals surface area contributed by atoms with E-state index in [0.29, 0.717) is 22.7 Å². The largest absolute Gasteiger partial charge is 0.493 e. The van der Waals surface area contributed by atoms with E-state index in [9.17, 15) is 13.2 Å². The van der Waals surface area contributed by atoms with Gasteiger partial charge in [-0.1, -0.05) is 18.2 Å². The number of anilines is 1. The number of carbonyl (C=O) groups is 1. The average Bonchev–Trinajstić information content (AvgIpc) is 2.65. The van der Waals surface area contributed by atoms with Gasteiger partial charge in [0.25, 0.3) is 5.91 Å². The van der Waals surface area contributed by atoms with Crippen LogP contribution in [-0.2, 0) is 14.8 Å². The second-order valence-electron chi connectivity index (χ2n) is 5.96. The van der Waals surface area contributed by atoms with Crippen molar-refractivity contribution < 1.29 is 22.7 Å². The minimum atomic E-state index is -3.64. The highest BCUT2D eigenvalue weighted by atomic mass is 32.2. The number of nitrogens with one attached hydrogen (secondary N) is 1. The fraction of sp³-hybridized carbons (Fsp3) is 0.263. The summed E-state index contributed by atoms with van der Waals surface area (Å²) in [5.74, 6) is 0.539. The van der Waals surface area contributed by atoms with E-state index in [2.05, 4.69) is 10.5 Å². The van der Waals surface area contributed by atoms with Crippen LogP contribution in [0.5, 0.6) is 11.5 Å². The van der Waals surface area contributed by atoms with Crippen molar-refractivity contribution >= 4 is 27.8 Å². The number of benzene rings is 2. The molecule has 0 heterocycles. The third kappa shape index (κ3) is 5.46. The Bertz CT molecular complexity index is 973. The van der Waals surface area contributed by atoms with Gasteiger partial charge in [-0.3, -0.25) is 9.10 Å². The van der Waals surface area contributed by atoms with E-state index < -0.39 is 15.9 Å². The van der Waals surface area contributed by atoms with Crippen LogP contribution in [0.15, 0.2) is 47.6 Å². The lowest BCUT2D eigenvalue weighted by atomic mass is 10.2. The van der Waals surface area contributed by atoms with E-state index in [1.54, 1.807) is 49.4 Å². The lowest BCUT2D eigenvalue weighted by Gasteiger charge is -2.23. The van der Waals surface area contributed by atoms with Crippen LogP contribution in [0, 0.1) is 6.92 Å². The van der Waals surface area contributed by atoms with Crippen molar-refractivity contribution in [2.24, 2.45) is 5.10 Å². The zero-order valence-electron chi connectivity index (χ0n) is 16.2. The molecule has 0 fully saturated rings. The molecule has 0 bridgehead atoms. The van der Waals surface area contributed by atoms with E-state index in [1.807, 2.05) is 0 Å². The SMILES string of the molecule is COc1ccc(/C=N\NC(=O)CN(c2ccccc2C)S(C)(=O)=O)cc1OC. The first-order valence-corrected chi connectivity index (χ1v) is 10.2. The van der Waals surface area contributed by atoms with Crippen LogP contribution in [0.2, 0.25) is 0 Å². The maximum atomic E-state index is 12.2. The summed E-state index contributed by atoms with van der Waals surface area (Å²) in [6.07, 6.45) is 2.48. The number of carbonyl (C=O) groups excluding carboxylic acids is 1. The fourth-order valence-corrected chi connectivity index (χ4v) is 3.42. The molecule has 2 rings (SSSR count). The number of hydrogen-bond acceptors (Lipinski definition) is 6. The van der Waals surface area contributed by atoms with E-state index in [4.69, 9.17) is 9.47 Å². The molecule has 28 heavy (non-hydrogen) atoms. The van der Waals surface area contributed by atoms with Gasteiger partial charge >= 0.3 is 0 Å². The first-order valence-electron chi connectivity index (χ1n) is 8.33. The lowest BCUT2D eigenvalue weighted by Crippen LogP contribution is -2.39. The maximum absolute atomic E-state index is 12.2. The van der Waals surface area contributed by atoms with Crippen LogP contribution in [0.25, 0.3) is 0 Å². The van der Waals surface area contributed by atoms with Crippen LogP contribution >= 0.6 is 0 Å². The molecular formula is C19H23N3O5S. The smallest absolute Gasteiger partial charge is 0.260 e. The first kappa shape index (κ1) is 21.2. The molecule has 0 aliphatic rings. The first-order chi connectivity index (χ1) is 13.3. The van der Waals surface area contributed by atoms with Crippen molar-refractivity contribution in [2.75, 3.05) is 31.3 Å². The van der Waals surface area contributed by atoms with Crippen LogP contribution < -0.4 is 19.2 Å². The Morgan fingerprint density at radius 2 is 1.82 bits per heavy atom. The number of sulfonamides is 1. The van der Waals surface area contributed by atoms with Gasteiger partial charge in [0, 0.05) is 0 Å². The number of methoxy groups -OCH3 is 2. The summed E-state index contributed by atoms with van der Waals surface area (Å²) in [5.41, 5.74) is 4.21. The number of ether oxygens (including phenoxy) is 2. The molecule has 0 spiro atoms. The zero-order valence-corrected chi connectivity index (χ0v) is 17.0. The zero-order chi connectivity index (χ0) is 20.7. The molecule has 0 atom stereocenters. The molecule has 0 saturated heterocycles. The van der Waals surface area contributed by atoms with Gasteiger partial charge in [0.2, 0.25) is 10.0 Å². The Labute approximate surface area is 164 Å². The van der Waals surface area contributed by atoms with Crippen LogP contribution in [0.4, 0.5) is 5.69 Å². The minimum Gasteiger partial charge on any atom is -0.493 e. The molecule has 1 amide bonds. The fourth-order valence-electron chi connectivity index (χ4n) is 2.50. The Morgan fingerprint density at radius 1 is 1.14 bits per heavy atom. The quantitative estimate of drug-likeness (QED) is 0.535. The Kier molecular flexibility index (Phi) is 7.00. The van der Waals surface area contributed by atoms with Crippen LogP contribution in [-0.4, -0.2) is 47.6 Å². The molecule has 9 heteroatoms. The number of para-hydroxylation sites is 1. The molecule has 2 aromatic carbocycles. The van der Waals surface area contributed by atoms with Gasteiger partial charge in [-0.15, -0.1) is 0 Å². The Morgan fingerprint density at radius 3 is 2.43 bits per heavy atom. The lowest BCUT2D eigenvalue weighted by molar-refractivity contribution is -0.119. The number of aryl methyl sites for hydroxylation is 1. The molecule has 8 nitrogen and oxygen atoms in total. The van der Waals surface area contributed by atoms with Gasteiger partial charge in [-0.05, 0) is 42.3 Å². The van der Waals surface area contributed by atoms with Crippen molar-refractivity contribution in [3.63, 3.8) is 0 Å². The summed E-state index contributed by atoms with van der Waals surface area (Å²) >= 11 is 0. The normalized spacial score (nSPS) is 11.3. The highest BCUT2D eigenvalue weighted by Gasteiger charge is 2.21. The molecule has 0 aliphatic heterocycles. The van der Waals surface area contributed by atoms with Gasteiger partial charge in [0.15, 0.2) is 11.5 Å². The third-order valence-electron chi connectivity index (χ3n) is 3.88. The highest BCUT2D eigenvalue weighted by Crippen LogP contribution is 2.26. The summed E-state index contributed by atoms with van der Waals surface area (Å²) in [5, 5.41) is 3.88. The molecule has 0 radical (unpaired) electrons. The summed E-state index contributed by atoms with van der Waals surface area (Å²) < 4.78 is 35.7. The maximum Gasteiger partial charge on any atom is 0.260 e. The highest BCUT2D eigenvalue weighted by molar-refractivity contribution is 7.92. The third-order valence-corrected chi connectivity index (χ3v) is 5.01. The topological polar surface area (TPSA) is 97.3 Å². The Balaban J connectivity index is 2.10. The molecule has 0 unspecified atom stereocenters. The van der Waals surface area contributed by atoms with Crippen LogP contribution in [0.3, 0.4) is 0 Å². The summed E-state index contributed by atoms with van der Waals surface area (Å²) in [7, 11) is -0.584. The number of hydrazone groups is 1. The number of hydrogen-bond donors (Lipinski definition) is 1. The van der Waals surface area contributed by atoms with Gasteiger partial charge in [-0.25, -0.2) is 13.8 Å². The van der Waals surface area contributed by atoms with E-state index in [0.717, 1.165) is 16.1 Å². The van der Waals surface area contributed by atoms with Gasteiger partial charge in [0.1, 0.15) is 6.54 Å². The van der Waals surface area contributed by atoms with Gasteiger partial charge in [-0.2, -0.15) is 5.10 Å². The molecule has 150 valence electrons. The van der Waals surface area contributed by atoms with E-state index >= 15 is 0 Å². The number of amides is 1. The standard InChI is InChI=1S/C19H23N3O5S/c1-14-7-5-6-8-16(14)22(28(4,24)25)13-19(23)21-20-12-15-9-10-17(26-2)18(11-15)27-3/h5-12H,13H2,1-4H3,(H,21,23)/b20-12-. The van der Waals surface area contributed by atoms with E-state index in [1.165, 1.54) is 20.4 Å². The van der Waals surface area contributed by atoms with Crippen molar-refractivity contribution in [2.45, 2.75) is 6.92 Å². The molecule has 1 N–H and O–H groups in total. The molecule has 0 aliphatic carbocycles. The average molecular weight is 405 g/mol. The second kappa shape index (κ2) is 9.23. The van der Waals surface area contributed by atoms with Gasteiger partial charge in [0.05, 0.1) is 32.4 Å². The molecule has 0 saturated carbocycles. The number of rotatable bonds is 8.